The smallest absolute Gasteiger partial charge is 0.248 e. The Labute approximate surface area is 134 Å². The van der Waals surface area contributed by atoms with Gasteiger partial charge in [0.1, 0.15) is 5.82 Å². The van der Waals surface area contributed by atoms with Crippen molar-refractivity contribution in [2.45, 2.75) is 20.4 Å². The molecule has 0 aliphatic rings. The summed E-state index contributed by atoms with van der Waals surface area (Å²) in [6.07, 6.45) is 1.73. The number of rotatable bonds is 5. The van der Waals surface area contributed by atoms with Gasteiger partial charge in [-0.3, -0.25) is 0 Å². The Morgan fingerprint density at radius 2 is 1.91 bits per heavy atom. The number of aromatic nitrogens is 4. The van der Waals surface area contributed by atoms with Crippen LogP contribution in [0.1, 0.15) is 16.7 Å². The number of hydrogen-bond donors (Lipinski definition) is 4. The first-order chi connectivity index (χ1) is 11.1. The monoisotopic (exact) mass is 309 g/mol. The second-order valence-corrected chi connectivity index (χ2v) is 5.45. The van der Waals surface area contributed by atoms with Gasteiger partial charge < -0.3 is 16.4 Å². The molecule has 7 heteroatoms. The molecule has 2 aromatic heterocycles. The Balaban J connectivity index is 1.62. The Hall–Kier alpha value is -3.09. The van der Waals surface area contributed by atoms with Gasteiger partial charge in [0.25, 0.3) is 0 Å². The zero-order valence-electron chi connectivity index (χ0n) is 13.1. The van der Waals surface area contributed by atoms with Gasteiger partial charge in [0.2, 0.25) is 11.9 Å². The highest BCUT2D eigenvalue weighted by atomic mass is 15.3. The molecule has 3 rings (SSSR count). The van der Waals surface area contributed by atoms with Crippen LogP contribution in [0.15, 0.2) is 36.5 Å². The Kier molecular flexibility index (Phi) is 4.09. The first kappa shape index (κ1) is 14.8. The van der Waals surface area contributed by atoms with Crippen LogP contribution in [0.4, 0.5) is 23.4 Å². The molecule has 0 amide bonds. The standard InChI is InChI=1S/C16H19N7/c1-10-5-11(2)7-13(6-10)20-16-21-15(22-23-16)19-9-12-3-4-14(17)18-8-12/h3-8H,9H2,1-2H3,(H2,17,18)(H3,19,20,21,22,23). The zero-order chi connectivity index (χ0) is 16.2. The Bertz CT molecular complexity index is 772. The molecule has 2 heterocycles. The molecule has 0 aliphatic carbocycles. The molecule has 0 saturated heterocycles. The number of nitrogens with one attached hydrogen (secondary N) is 3. The third kappa shape index (κ3) is 3.97. The number of H-pyrrole nitrogens is 1. The van der Waals surface area contributed by atoms with Gasteiger partial charge in [-0.2, -0.15) is 4.98 Å². The lowest BCUT2D eigenvalue weighted by Crippen LogP contribution is -2.02. The van der Waals surface area contributed by atoms with Gasteiger partial charge >= 0.3 is 0 Å². The largest absolute Gasteiger partial charge is 0.384 e. The maximum absolute atomic E-state index is 5.56. The van der Waals surface area contributed by atoms with Crippen molar-refractivity contribution < 1.29 is 0 Å². The summed E-state index contributed by atoms with van der Waals surface area (Å²) in [6, 6.07) is 9.91. The molecule has 0 radical (unpaired) electrons. The molecule has 7 nitrogen and oxygen atoms in total. The van der Waals surface area contributed by atoms with Gasteiger partial charge in [0.15, 0.2) is 0 Å². The summed E-state index contributed by atoms with van der Waals surface area (Å²) < 4.78 is 0. The van der Waals surface area contributed by atoms with Crippen molar-refractivity contribution in [2.24, 2.45) is 0 Å². The summed E-state index contributed by atoms with van der Waals surface area (Å²) in [7, 11) is 0. The number of nitrogens with two attached hydrogens (primary N) is 1. The first-order valence-corrected chi connectivity index (χ1v) is 7.30. The number of aromatic amines is 1. The van der Waals surface area contributed by atoms with Crippen LogP contribution in [0.2, 0.25) is 0 Å². The molecule has 3 aromatic rings. The van der Waals surface area contributed by atoms with Crippen LogP contribution in [0.25, 0.3) is 0 Å². The lowest BCUT2D eigenvalue weighted by atomic mass is 10.1. The highest BCUT2D eigenvalue weighted by Crippen LogP contribution is 2.17. The lowest BCUT2D eigenvalue weighted by Gasteiger charge is -2.05. The molecular weight excluding hydrogens is 290 g/mol. The lowest BCUT2D eigenvalue weighted by molar-refractivity contribution is 1.04. The normalized spacial score (nSPS) is 10.5. The predicted molar refractivity (Wildman–Crippen MR) is 91.6 cm³/mol. The van der Waals surface area contributed by atoms with E-state index in [9.17, 15) is 0 Å². The van der Waals surface area contributed by atoms with Crippen molar-refractivity contribution in [2.75, 3.05) is 16.4 Å². The van der Waals surface area contributed by atoms with E-state index >= 15 is 0 Å². The molecule has 0 aliphatic heterocycles. The zero-order valence-corrected chi connectivity index (χ0v) is 13.1. The van der Waals surface area contributed by atoms with Crippen molar-refractivity contribution in [3.63, 3.8) is 0 Å². The van der Waals surface area contributed by atoms with Crippen LogP contribution in [0.3, 0.4) is 0 Å². The first-order valence-electron chi connectivity index (χ1n) is 7.30. The summed E-state index contributed by atoms with van der Waals surface area (Å²) in [4.78, 5) is 8.41. The van der Waals surface area contributed by atoms with Crippen LogP contribution in [-0.2, 0) is 6.54 Å². The minimum atomic E-state index is 0.508. The van der Waals surface area contributed by atoms with Crippen LogP contribution >= 0.6 is 0 Å². The second kappa shape index (κ2) is 6.35. The van der Waals surface area contributed by atoms with Crippen molar-refractivity contribution in [3.05, 3.63) is 53.2 Å². The van der Waals surface area contributed by atoms with Crippen molar-refractivity contribution in [3.8, 4) is 0 Å². The van der Waals surface area contributed by atoms with Crippen LogP contribution in [-0.4, -0.2) is 20.2 Å². The van der Waals surface area contributed by atoms with Gasteiger partial charge in [0, 0.05) is 18.4 Å². The number of pyridine rings is 1. The van der Waals surface area contributed by atoms with E-state index in [1.54, 1.807) is 12.3 Å². The predicted octanol–water partition coefficient (Wildman–Crippen LogP) is 2.75. The summed E-state index contributed by atoms with van der Waals surface area (Å²) in [6.45, 7) is 4.71. The average molecular weight is 309 g/mol. The van der Waals surface area contributed by atoms with Gasteiger partial charge in [-0.15, -0.1) is 5.10 Å². The minimum Gasteiger partial charge on any atom is -0.384 e. The fourth-order valence-electron chi connectivity index (χ4n) is 2.30. The van der Waals surface area contributed by atoms with Crippen molar-refractivity contribution in [1.29, 1.82) is 0 Å². The van der Waals surface area contributed by atoms with Gasteiger partial charge in [-0.05, 0) is 48.7 Å². The molecule has 0 saturated carbocycles. The van der Waals surface area contributed by atoms with Crippen molar-refractivity contribution in [1.82, 2.24) is 20.2 Å². The number of anilines is 4. The van der Waals surface area contributed by atoms with Crippen LogP contribution in [0, 0.1) is 13.8 Å². The van der Waals surface area contributed by atoms with Crippen LogP contribution in [0.5, 0.6) is 0 Å². The third-order valence-electron chi connectivity index (χ3n) is 3.27. The fourth-order valence-corrected chi connectivity index (χ4v) is 2.30. The number of benzene rings is 1. The second-order valence-electron chi connectivity index (χ2n) is 5.45. The number of aryl methyl sites for hydroxylation is 2. The van der Waals surface area contributed by atoms with E-state index in [2.05, 4.69) is 62.8 Å². The highest BCUT2D eigenvalue weighted by Gasteiger charge is 2.04. The van der Waals surface area contributed by atoms with E-state index in [-0.39, 0.29) is 0 Å². The molecule has 0 atom stereocenters. The SMILES string of the molecule is Cc1cc(C)cc(Nc2n[nH]c(NCc3ccc(N)nc3)n2)c1. The Morgan fingerprint density at radius 1 is 1.13 bits per heavy atom. The van der Waals surface area contributed by atoms with E-state index in [4.69, 9.17) is 5.73 Å². The van der Waals surface area contributed by atoms with Gasteiger partial charge in [-0.25, -0.2) is 10.1 Å². The van der Waals surface area contributed by atoms with Gasteiger partial charge in [-0.1, -0.05) is 12.1 Å². The fraction of sp³-hybridized carbons (Fsp3) is 0.188. The molecule has 118 valence electrons. The summed E-state index contributed by atoms with van der Waals surface area (Å²) in [5, 5.41) is 13.4. The molecule has 0 spiro atoms. The minimum absolute atomic E-state index is 0.508. The van der Waals surface area contributed by atoms with E-state index < -0.39 is 0 Å². The molecule has 0 fully saturated rings. The van der Waals surface area contributed by atoms with Crippen LogP contribution < -0.4 is 16.4 Å². The van der Waals surface area contributed by atoms with Gasteiger partial charge in [0.05, 0.1) is 0 Å². The molecular formula is C16H19N7. The van der Waals surface area contributed by atoms with E-state index in [0.29, 0.717) is 24.3 Å². The topological polar surface area (TPSA) is 105 Å². The average Bonchev–Trinajstić information content (AvgIpc) is 2.93. The van der Waals surface area contributed by atoms with E-state index in [1.165, 1.54) is 11.1 Å². The number of nitrogens with zero attached hydrogens (tertiary/aromatic N) is 3. The highest BCUT2D eigenvalue weighted by molar-refractivity contribution is 5.56. The summed E-state index contributed by atoms with van der Waals surface area (Å²) >= 11 is 0. The molecule has 0 unspecified atom stereocenters. The molecule has 0 bridgehead atoms. The quantitative estimate of drug-likeness (QED) is 0.577. The maximum atomic E-state index is 5.56. The van der Waals surface area contributed by atoms with E-state index in [1.807, 2.05) is 6.07 Å². The third-order valence-corrected chi connectivity index (χ3v) is 3.27. The maximum Gasteiger partial charge on any atom is 0.248 e. The van der Waals surface area contributed by atoms with E-state index in [0.717, 1.165) is 11.3 Å². The summed E-state index contributed by atoms with van der Waals surface area (Å²) in [5.41, 5.74) is 9.93. The Morgan fingerprint density at radius 3 is 2.61 bits per heavy atom. The van der Waals surface area contributed by atoms with Crippen molar-refractivity contribution >= 4 is 23.4 Å². The number of nitrogen functional groups attached to an aromatic ring is 1. The molecule has 1 aromatic carbocycles. The number of hydrogen-bond acceptors (Lipinski definition) is 6. The molecule has 5 N–H and O–H groups in total. The molecule has 23 heavy (non-hydrogen) atoms. The summed E-state index contributed by atoms with van der Waals surface area (Å²) in [5.74, 6) is 1.62.